The zero-order chi connectivity index (χ0) is 9.42. The Bertz CT molecular complexity index is 471. The van der Waals surface area contributed by atoms with E-state index in [0.29, 0.717) is 5.69 Å². The topological polar surface area (TPSA) is 34.4 Å². The maximum absolute atomic E-state index is 10.8. The summed E-state index contributed by atoms with van der Waals surface area (Å²) in [5, 5.41) is 4.12. The van der Waals surface area contributed by atoms with Gasteiger partial charge in [-0.3, -0.25) is 4.79 Å². The molecule has 0 bridgehead atoms. The SMILES string of the molecule is Cc1c(C)c2cccnn2c1C=O. The molecule has 0 saturated heterocycles. The monoisotopic (exact) mass is 174 g/mol. The van der Waals surface area contributed by atoms with Gasteiger partial charge in [0.05, 0.1) is 5.52 Å². The van der Waals surface area contributed by atoms with Crippen LogP contribution in [0.25, 0.3) is 5.52 Å². The summed E-state index contributed by atoms with van der Waals surface area (Å²) >= 11 is 0. The van der Waals surface area contributed by atoms with Gasteiger partial charge in [-0.15, -0.1) is 0 Å². The highest BCUT2D eigenvalue weighted by molar-refractivity contribution is 5.80. The summed E-state index contributed by atoms with van der Waals surface area (Å²) in [6.45, 7) is 3.94. The van der Waals surface area contributed by atoms with Crippen molar-refractivity contribution in [2.45, 2.75) is 13.8 Å². The molecule has 0 aliphatic rings. The average Bonchev–Trinajstić information content (AvgIpc) is 2.41. The molecule has 13 heavy (non-hydrogen) atoms. The van der Waals surface area contributed by atoms with Crippen molar-refractivity contribution in [1.82, 2.24) is 9.61 Å². The molecule has 0 N–H and O–H groups in total. The average molecular weight is 174 g/mol. The Morgan fingerprint density at radius 2 is 2.15 bits per heavy atom. The van der Waals surface area contributed by atoms with Crippen molar-refractivity contribution in [3.8, 4) is 0 Å². The van der Waals surface area contributed by atoms with Crippen molar-refractivity contribution in [2.75, 3.05) is 0 Å². The third kappa shape index (κ3) is 0.967. The maximum atomic E-state index is 10.8. The zero-order valence-corrected chi connectivity index (χ0v) is 7.61. The number of aromatic nitrogens is 2. The summed E-state index contributed by atoms with van der Waals surface area (Å²) in [4.78, 5) is 10.8. The Kier molecular flexibility index (Phi) is 1.65. The van der Waals surface area contributed by atoms with Gasteiger partial charge in [-0.05, 0) is 37.1 Å². The molecule has 0 spiro atoms. The van der Waals surface area contributed by atoms with Crippen molar-refractivity contribution in [1.29, 1.82) is 0 Å². The molecule has 2 aromatic heterocycles. The number of rotatable bonds is 1. The van der Waals surface area contributed by atoms with E-state index in [0.717, 1.165) is 22.9 Å². The molecule has 0 aliphatic heterocycles. The standard InChI is InChI=1S/C10H10N2O/c1-7-8(2)10(6-13)12-9(7)4-3-5-11-12/h3-6H,1-2H3. The molecule has 2 heterocycles. The molecule has 0 aromatic carbocycles. The van der Waals surface area contributed by atoms with Crippen LogP contribution in [0.3, 0.4) is 0 Å². The molecule has 3 nitrogen and oxygen atoms in total. The van der Waals surface area contributed by atoms with Gasteiger partial charge in [0, 0.05) is 6.20 Å². The minimum absolute atomic E-state index is 0.646. The third-order valence-corrected chi connectivity index (χ3v) is 2.42. The Balaban J connectivity index is 2.98. The number of aryl methyl sites for hydroxylation is 1. The predicted octanol–water partition coefficient (Wildman–Crippen LogP) is 1.76. The highest BCUT2D eigenvalue weighted by atomic mass is 16.1. The fraction of sp³-hybridized carbons (Fsp3) is 0.200. The van der Waals surface area contributed by atoms with Crippen LogP contribution in [0.15, 0.2) is 18.3 Å². The summed E-state index contributed by atoms with van der Waals surface area (Å²) in [6, 6.07) is 3.83. The lowest BCUT2D eigenvalue weighted by Gasteiger charge is -1.93. The lowest BCUT2D eigenvalue weighted by molar-refractivity contribution is 0.111. The molecule has 0 radical (unpaired) electrons. The Morgan fingerprint density at radius 1 is 1.38 bits per heavy atom. The summed E-state index contributed by atoms with van der Waals surface area (Å²) in [6.07, 6.45) is 2.53. The Labute approximate surface area is 76.0 Å². The normalized spacial score (nSPS) is 10.6. The van der Waals surface area contributed by atoms with E-state index >= 15 is 0 Å². The predicted molar refractivity (Wildman–Crippen MR) is 50.1 cm³/mol. The van der Waals surface area contributed by atoms with Crippen molar-refractivity contribution >= 4 is 11.8 Å². The lowest BCUT2D eigenvalue weighted by Crippen LogP contribution is -1.95. The van der Waals surface area contributed by atoms with Crippen LogP contribution in [0.4, 0.5) is 0 Å². The second-order valence-electron chi connectivity index (χ2n) is 3.07. The maximum Gasteiger partial charge on any atom is 0.168 e. The molecular formula is C10H10N2O. The fourth-order valence-electron chi connectivity index (χ4n) is 1.53. The molecule has 0 saturated carbocycles. The van der Waals surface area contributed by atoms with Crippen LogP contribution in [-0.2, 0) is 0 Å². The first kappa shape index (κ1) is 7.98. The first-order valence-electron chi connectivity index (χ1n) is 4.14. The molecule has 0 fully saturated rings. The van der Waals surface area contributed by atoms with E-state index in [1.807, 2.05) is 26.0 Å². The molecule has 0 amide bonds. The van der Waals surface area contributed by atoms with E-state index in [9.17, 15) is 4.79 Å². The van der Waals surface area contributed by atoms with E-state index in [1.165, 1.54) is 0 Å². The van der Waals surface area contributed by atoms with E-state index in [1.54, 1.807) is 10.7 Å². The van der Waals surface area contributed by atoms with E-state index in [-0.39, 0.29) is 0 Å². The van der Waals surface area contributed by atoms with Crippen LogP contribution in [0.1, 0.15) is 21.6 Å². The van der Waals surface area contributed by atoms with Gasteiger partial charge in [0.25, 0.3) is 0 Å². The Morgan fingerprint density at radius 3 is 2.85 bits per heavy atom. The molecule has 2 aromatic rings. The van der Waals surface area contributed by atoms with Crippen LogP contribution in [0, 0.1) is 13.8 Å². The zero-order valence-electron chi connectivity index (χ0n) is 7.61. The van der Waals surface area contributed by atoms with E-state index < -0.39 is 0 Å². The lowest BCUT2D eigenvalue weighted by atomic mass is 10.2. The molecule has 2 rings (SSSR count). The number of hydrogen-bond acceptors (Lipinski definition) is 2. The van der Waals surface area contributed by atoms with Crippen molar-refractivity contribution in [3.63, 3.8) is 0 Å². The van der Waals surface area contributed by atoms with Gasteiger partial charge in [-0.1, -0.05) is 0 Å². The minimum Gasteiger partial charge on any atom is -0.296 e. The van der Waals surface area contributed by atoms with Gasteiger partial charge in [-0.25, -0.2) is 4.52 Å². The van der Waals surface area contributed by atoms with Gasteiger partial charge in [0.2, 0.25) is 0 Å². The largest absolute Gasteiger partial charge is 0.296 e. The van der Waals surface area contributed by atoms with Gasteiger partial charge in [0.15, 0.2) is 6.29 Å². The third-order valence-electron chi connectivity index (χ3n) is 2.42. The molecular weight excluding hydrogens is 164 g/mol. The van der Waals surface area contributed by atoms with Crippen molar-refractivity contribution in [2.24, 2.45) is 0 Å². The number of aldehydes is 1. The van der Waals surface area contributed by atoms with Gasteiger partial charge in [0.1, 0.15) is 5.69 Å². The minimum atomic E-state index is 0.646. The van der Waals surface area contributed by atoms with Crippen molar-refractivity contribution < 1.29 is 4.79 Å². The number of nitrogens with zero attached hydrogens (tertiary/aromatic N) is 2. The van der Waals surface area contributed by atoms with Gasteiger partial charge < -0.3 is 0 Å². The quantitative estimate of drug-likeness (QED) is 0.617. The summed E-state index contributed by atoms with van der Waals surface area (Å²) in [5.41, 5.74) is 3.78. The number of carbonyl (C=O) groups is 1. The number of hydrogen-bond donors (Lipinski definition) is 0. The van der Waals surface area contributed by atoms with Crippen LogP contribution in [0.5, 0.6) is 0 Å². The first-order valence-corrected chi connectivity index (χ1v) is 4.14. The summed E-state index contributed by atoms with van der Waals surface area (Å²) in [5.74, 6) is 0. The number of carbonyl (C=O) groups excluding carboxylic acids is 1. The van der Waals surface area contributed by atoms with Crippen molar-refractivity contribution in [3.05, 3.63) is 35.2 Å². The van der Waals surface area contributed by atoms with Gasteiger partial charge >= 0.3 is 0 Å². The molecule has 0 unspecified atom stereocenters. The second-order valence-corrected chi connectivity index (χ2v) is 3.07. The van der Waals surface area contributed by atoms with E-state index in [4.69, 9.17) is 0 Å². The first-order chi connectivity index (χ1) is 6.25. The smallest absolute Gasteiger partial charge is 0.168 e. The summed E-state index contributed by atoms with van der Waals surface area (Å²) in [7, 11) is 0. The molecule has 3 heteroatoms. The number of fused-ring (bicyclic) bond motifs is 1. The fourth-order valence-corrected chi connectivity index (χ4v) is 1.53. The van der Waals surface area contributed by atoms with Crippen LogP contribution in [0.2, 0.25) is 0 Å². The highest BCUT2D eigenvalue weighted by Gasteiger charge is 2.10. The van der Waals surface area contributed by atoms with Gasteiger partial charge in [-0.2, -0.15) is 5.10 Å². The highest BCUT2D eigenvalue weighted by Crippen LogP contribution is 2.18. The second kappa shape index (κ2) is 2.69. The molecule has 0 atom stereocenters. The van der Waals surface area contributed by atoms with Crippen LogP contribution >= 0.6 is 0 Å². The molecule has 0 aliphatic carbocycles. The van der Waals surface area contributed by atoms with Crippen LogP contribution < -0.4 is 0 Å². The summed E-state index contributed by atoms with van der Waals surface area (Å²) < 4.78 is 1.68. The van der Waals surface area contributed by atoms with E-state index in [2.05, 4.69) is 5.10 Å². The Hall–Kier alpha value is -1.64. The van der Waals surface area contributed by atoms with Crippen LogP contribution in [-0.4, -0.2) is 15.9 Å². The molecule has 66 valence electrons.